The first-order valence-corrected chi connectivity index (χ1v) is 12.4. The van der Waals surface area contributed by atoms with Gasteiger partial charge in [-0.1, -0.05) is 72.8 Å². The summed E-state index contributed by atoms with van der Waals surface area (Å²) >= 11 is 0. The summed E-state index contributed by atoms with van der Waals surface area (Å²) in [4.78, 5) is 9.95. The van der Waals surface area contributed by atoms with E-state index in [4.69, 9.17) is 14.8 Å². The molecule has 6 nitrogen and oxygen atoms in total. The summed E-state index contributed by atoms with van der Waals surface area (Å²) in [5, 5.41) is 4.98. The molecule has 1 saturated heterocycles. The van der Waals surface area contributed by atoms with Crippen LogP contribution >= 0.6 is 0 Å². The van der Waals surface area contributed by atoms with Crippen molar-refractivity contribution in [2.45, 2.75) is 6.92 Å². The second kappa shape index (κ2) is 9.38. The van der Waals surface area contributed by atoms with E-state index in [0.29, 0.717) is 0 Å². The second-order valence-electron chi connectivity index (χ2n) is 9.07. The Kier molecular flexibility index (Phi) is 5.77. The number of benzene rings is 3. The van der Waals surface area contributed by atoms with Gasteiger partial charge in [-0.05, 0) is 24.6 Å². The molecule has 0 bridgehead atoms. The molecule has 0 unspecified atom stereocenters. The topological polar surface area (TPSA) is 45.9 Å². The maximum atomic E-state index is 5.61. The number of aryl methyl sites for hydroxylation is 1. The molecule has 0 spiro atoms. The van der Waals surface area contributed by atoms with Gasteiger partial charge in [0.15, 0.2) is 5.65 Å². The maximum Gasteiger partial charge on any atom is 0.166 e. The molecule has 180 valence electrons. The van der Waals surface area contributed by atoms with Crippen molar-refractivity contribution < 1.29 is 4.74 Å². The summed E-state index contributed by atoms with van der Waals surface area (Å²) in [6, 6.07) is 31.3. The van der Waals surface area contributed by atoms with Crippen LogP contribution in [0, 0.1) is 6.92 Å². The number of nitrogens with zero attached hydrogens (tertiary/aromatic N) is 5. The van der Waals surface area contributed by atoms with Gasteiger partial charge in [0.25, 0.3) is 0 Å². The molecule has 0 amide bonds. The quantitative estimate of drug-likeness (QED) is 0.326. The zero-order chi connectivity index (χ0) is 24.5. The molecule has 1 aliphatic rings. The maximum absolute atomic E-state index is 5.61. The lowest BCUT2D eigenvalue weighted by Crippen LogP contribution is -2.47. The van der Waals surface area contributed by atoms with Crippen LogP contribution in [0.1, 0.15) is 5.69 Å². The van der Waals surface area contributed by atoms with Crippen molar-refractivity contribution in [3.8, 4) is 28.1 Å². The van der Waals surface area contributed by atoms with Gasteiger partial charge in [-0.15, -0.1) is 0 Å². The van der Waals surface area contributed by atoms with Crippen molar-refractivity contribution in [2.24, 2.45) is 0 Å². The minimum atomic E-state index is 0.880. The monoisotopic (exact) mass is 475 g/mol. The first kappa shape index (κ1) is 22.2. The van der Waals surface area contributed by atoms with Crippen LogP contribution in [0.5, 0.6) is 5.75 Å². The minimum Gasteiger partial charge on any atom is -0.495 e. The molecule has 6 rings (SSSR count). The lowest BCUT2D eigenvalue weighted by Gasteiger charge is -2.37. The number of fused-ring (bicyclic) bond motifs is 1. The third kappa shape index (κ3) is 3.94. The average molecular weight is 476 g/mol. The zero-order valence-electron chi connectivity index (χ0n) is 20.6. The van der Waals surface area contributed by atoms with Crippen LogP contribution in [-0.4, -0.2) is 47.9 Å². The van der Waals surface area contributed by atoms with Gasteiger partial charge in [0, 0.05) is 43.4 Å². The first-order chi connectivity index (χ1) is 17.7. The fraction of sp³-hybridized carbons (Fsp3) is 0.200. The summed E-state index contributed by atoms with van der Waals surface area (Å²) < 4.78 is 7.64. The first-order valence-electron chi connectivity index (χ1n) is 12.4. The fourth-order valence-corrected chi connectivity index (χ4v) is 5.10. The lowest BCUT2D eigenvalue weighted by atomic mass is 10.1. The molecule has 0 saturated carbocycles. The Hall–Kier alpha value is -4.32. The van der Waals surface area contributed by atoms with E-state index in [-0.39, 0.29) is 0 Å². The molecule has 0 atom stereocenters. The van der Waals surface area contributed by atoms with Crippen LogP contribution in [0.4, 0.5) is 11.5 Å². The summed E-state index contributed by atoms with van der Waals surface area (Å²) in [5.41, 5.74) is 7.30. The van der Waals surface area contributed by atoms with Crippen LogP contribution < -0.4 is 14.5 Å². The third-order valence-electron chi connectivity index (χ3n) is 6.91. The molecule has 6 heteroatoms. The van der Waals surface area contributed by atoms with Crippen molar-refractivity contribution in [1.29, 1.82) is 0 Å². The molecular formula is C30H29N5O. The smallest absolute Gasteiger partial charge is 0.166 e. The molecule has 1 fully saturated rings. The van der Waals surface area contributed by atoms with E-state index >= 15 is 0 Å². The molecule has 5 aromatic rings. The van der Waals surface area contributed by atoms with E-state index in [2.05, 4.69) is 83.5 Å². The average Bonchev–Trinajstić information content (AvgIpc) is 3.29. The number of rotatable bonds is 5. The summed E-state index contributed by atoms with van der Waals surface area (Å²) in [7, 11) is 1.73. The molecule has 0 radical (unpaired) electrons. The van der Waals surface area contributed by atoms with Crippen LogP contribution in [0.15, 0.2) is 91.0 Å². The highest BCUT2D eigenvalue weighted by Gasteiger charge is 2.24. The Morgan fingerprint density at radius 2 is 1.33 bits per heavy atom. The Balaban J connectivity index is 1.42. The molecule has 1 aliphatic heterocycles. The van der Waals surface area contributed by atoms with E-state index in [0.717, 1.165) is 77.2 Å². The normalized spacial score (nSPS) is 13.8. The highest BCUT2D eigenvalue weighted by Crippen LogP contribution is 2.34. The van der Waals surface area contributed by atoms with E-state index in [1.807, 2.05) is 28.8 Å². The molecular weight excluding hydrogens is 446 g/mol. The van der Waals surface area contributed by atoms with Gasteiger partial charge in [0.1, 0.15) is 11.6 Å². The third-order valence-corrected chi connectivity index (χ3v) is 6.91. The Labute approximate surface area is 211 Å². The minimum absolute atomic E-state index is 0.880. The second-order valence-corrected chi connectivity index (χ2v) is 9.07. The highest BCUT2D eigenvalue weighted by atomic mass is 16.5. The van der Waals surface area contributed by atoms with Gasteiger partial charge < -0.3 is 14.5 Å². The number of anilines is 2. The lowest BCUT2D eigenvalue weighted by molar-refractivity contribution is 0.413. The number of hydrogen-bond donors (Lipinski definition) is 0. The summed E-state index contributed by atoms with van der Waals surface area (Å²) in [6.45, 7) is 5.63. The van der Waals surface area contributed by atoms with Crippen LogP contribution in [0.3, 0.4) is 0 Å². The molecule has 36 heavy (non-hydrogen) atoms. The van der Waals surface area contributed by atoms with Gasteiger partial charge in [-0.2, -0.15) is 9.61 Å². The van der Waals surface area contributed by atoms with Gasteiger partial charge >= 0.3 is 0 Å². The van der Waals surface area contributed by atoms with Crippen molar-refractivity contribution in [3.05, 3.63) is 96.7 Å². The Bertz CT molecular complexity index is 1490. The number of ether oxygens (including phenoxy) is 1. The van der Waals surface area contributed by atoms with E-state index < -0.39 is 0 Å². The molecule has 0 aliphatic carbocycles. The SMILES string of the molecule is COc1ccccc1N1CCN(c2cc(-c3ccccc3)nc3c(-c4ccccc4)c(C)nn23)CC1. The van der Waals surface area contributed by atoms with Crippen molar-refractivity contribution in [3.63, 3.8) is 0 Å². The number of aromatic nitrogens is 3. The summed E-state index contributed by atoms with van der Waals surface area (Å²) in [5.74, 6) is 1.99. The fourth-order valence-electron chi connectivity index (χ4n) is 5.10. The van der Waals surface area contributed by atoms with E-state index in [1.165, 1.54) is 0 Å². The van der Waals surface area contributed by atoms with Crippen LogP contribution in [0.2, 0.25) is 0 Å². The summed E-state index contributed by atoms with van der Waals surface area (Å²) in [6.07, 6.45) is 0. The number of piperazine rings is 1. The van der Waals surface area contributed by atoms with Gasteiger partial charge in [-0.3, -0.25) is 0 Å². The number of para-hydroxylation sites is 2. The molecule has 2 aromatic heterocycles. The predicted molar refractivity (Wildman–Crippen MR) is 146 cm³/mol. The predicted octanol–water partition coefficient (Wildman–Crippen LogP) is 5.71. The number of hydrogen-bond acceptors (Lipinski definition) is 5. The van der Waals surface area contributed by atoms with Crippen molar-refractivity contribution in [2.75, 3.05) is 43.1 Å². The Morgan fingerprint density at radius 1 is 0.722 bits per heavy atom. The van der Waals surface area contributed by atoms with Crippen molar-refractivity contribution in [1.82, 2.24) is 14.6 Å². The Morgan fingerprint density at radius 3 is 2.03 bits per heavy atom. The van der Waals surface area contributed by atoms with E-state index in [1.54, 1.807) is 7.11 Å². The van der Waals surface area contributed by atoms with Gasteiger partial charge in [0.05, 0.1) is 24.2 Å². The zero-order valence-corrected chi connectivity index (χ0v) is 20.6. The number of methoxy groups -OCH3 is 1. The van der Waals surface area contributed by atoms with Gasteiger partial charge in [0.2, 0.25) is 0 Å². The molecule has 0 N–H and O–H groups in total. The molecule has 3 aromatic carbocycles. The van der Waals surface area contributed by atoms with Crippen LogP contribution in [-0.2, 0) is 0 Å². The van der Waals surface area contributed by atoms with Crippen molar-refractivity contribution >= 4 is 17.2 Å². The van der Waals surface area contributed by atoms with E-state index in [9.17, 15) is 0 Å². The highest BCUT2D eigenvalue weighted by molar-refractivity contribution is 5.83. The largest absolute Gasteiger partial charge is 0.495 e. The molecule has 3 heterocycles. The van der Waals surface area contributed by atoms with Crippen LogP contribution in [0.25, 0.3) is 28.0 Å². The van der Waals surface area contributed by atoms with Gasteiger partial charge in [-0.25, -0.2) is 4.98 Å². The standard InChI is InChI=1S/C30H29N5O/c1-22-29(24-13-7-4-8-14-24)30-31-25(23-11-5-3-6-12-23)21-28(35(30)32-22)34-19-17-33(18-20-34)26-15-9-10-16-27(26)36-2/h3-16,21H,17-20H2,1-2H3.